The molecule has 0 bridgehead atoms. The minimum atomic E-state index is 0.332. The molecule has 0 spiro atoms. The topological polar surface area (TPSA) is 41.8 Å². The Labute approximate surface area is 125 Å². The summed E-state index contributed by atoms with van der Waals surface area (Å²) < 4.78 is 5.60. The molecule has 0 aliphatic carbocycles. The Balaban J connectivity index is 2.26. The molecule has 98 valence electrons. The molecular weight excluding hydrogens is 309 g/mol. The molecule has 2 rings (SSSR count). The summed E-state index contributed by atoms with van der Waals surface area (Å²) in [4.78, 5) is 0. The SMILES string of the molecule is ON=Cc1ccc(Oc2c(Cl)cc(Cl)cc2Cl)cc1. The summed E-state index contributed by atoms with van der Waals surface area (Å²) in [6.45, 7) is 0. The molecule has 0 unspecified atom stereocenters. The second kappa shape index (κ2) is 6.15. The van der Waals surface area contributed by atoms with Crippen LogP contribution in [0.15, 0.2) is 41.6 Å². The molecule has 0 aromatic heterocycles. The van der Waals surface area contributed by atoms with Crippen LogP contribution in [0.1, 0.15) is 5.56 Å². The van der Waals surface area contributed by atoms with E-state index < -0.39 is 0 Å². The molecule has 0 radical (unpaired) electrons. The van der Waals surface area contributed by atoms with Crippen LogP contribution in [0.3, 0.4) is 0 Å². The van der Waals surface area contributed by atoms with Gasteiger partial charge in [0.1, 0.15) is 5.75 Å². The predicted molar refractivity (Wildman–Crippen MR) is 77.4 cm³/mol. The van der Waals surface area contributed by atoms with Gasteiger partial charge in [0, 0.05) is 5.02 Å². The van der Waals surface area contributed by atoms with Crippen molar-refractivity contribution >= 4 is 41.0 Å². The van der Waals surface area contributed by atoms with Crippen LogP contribution in [-0.2, 0) is 0 Å². The Morgan fingerprint density at radius 3 is 2.11 bits per heavy atom. The minimum Gasteiger partial charge on any atom is -0.454 e. The van der Waals surface area contributed by atoms with Gasteiger partial charge in [-0.05, 0) is 42.0 Å². The zero-order valence-corrected chi connectivity index (χ0v) is 11.7. The maximum absolute atomic E-state index is 8.41. The van der Waals surface area contributed by atoms with Crippen molar-refractivity contribution in [2.75, 3.05) is 0 Å². The van der Waals surface area contributed by atoms with Gasteiger partial charge in [0.05, 0.1) is 16.3 Å². The van der Waals surface area contributed by atoms with Gasteiger partial charge < -0.3 is 9.94 Å². The van der Waals surface area contributed by atoms with Crippen molar-refractivity contribution in [3.05, 3.63) is 57.0 Å². The van der Waals surface area contributed by atoms with Crippen LogP contribution < -0.4 is 4.74 Å². The van der Waals surface area contributed by atoms with Gasteiger partial charge >= 0.3 is 0 Å². The third-order valence-electron chi connectivity index (χ3n) is 2.27. The Hall–Kier alpha value is -1.42. The molecule has 3 nitrogen and oxygen atoms in total. The summed E-state index contributed by atoms with van der Waals surface area (Å²) in [6, 6.07) is 9.98. The molecule has 2 aromatic carbocycles. The highest BCUT2D eigenvalue weighted by Gasteiger charge is 2.10. The lowest BCUT2D eigenvalue weighted by atomic mass is 10.2. The number of halogens is 3. The van der Waals surface area contributed by atoms with Gasteiger partial charge in [0.25, 0.3) is 0 Å². The summed E-state index contributed by atoms with van der Waals surface area (Å²) in [5.41, 5.74) is 0.739. The van der Waals surface area contributed by atoms with Crippen LogP contribution in [0.5, 0.6) is 11.5 Å². The molecule has 0 heterocycles. The molecule has 0 atom stereocenters. The average molecular weight is 317 g/mol. The third-order valence-corrected chi connectivity index (χ3v) is 3.05. The molecular formula is C13H8Cl3NO2. The van der Waals surface area contributed by atoms with Gasteiger partial charge in [-0.25, -0.2) is 0 Å². The molecule has 0 saturated carbocycles. The van der Waals surface area contributed by atoms with Crippen molar-refractivity contribution in [2.45, 2.75) is 0 Å². The third kappa shape index (κ3) is 3.53. The smallest absolute Gasteiger partial charge is 0.164 e. The number of hydrogen-bond acceptors (Lipinski definition) is 3. The summed E-state index contributed by atoms with van der Waals surface area (Å²) in [7, 11) is 0. The van der Waals surface area contributed by atoms with E-state index in [1.54, 1.807) is 36.4 Å². The number of oxime groups is 1. The fourth-order valence-electron chi connectivity index (χ4n) is 1.43. The number of nitrogens with zero attached hydrogens (tertiary/aromatic N) is 1. The highest BCUT2D eigenvalue weighted by atomic mass is 35.5. The van der Waals surface area contributed by atoms with Gasteiger partial charge in [-0.15, -0.1) is 0 Å². The molecule has 0 amide bonds. The maximum Gasteiger partial charge on any atom is 0.164 e. The highest BCUT2D eigenvalue weighted by Crippen LogP contribution is 2.38. The zero-order valence-electron chi connectivity index (χ0n) is 9.48. The van der Waals surface area contributed by atoms with Gasteiger partial charge in [-0.1, -0.05) is 40.0 Å². The van der Waals surface area contributed by atoms with Crippen LogP contribution in [0, 0.1) is 0 Å². The van der Waals surface area contributed by atoms with Crippen LogP contribution >= 0.6 is 34.8 Å². The Bertz CT molecular complexity index is 589. The van der Waals surface area contributed by atoms with E-state index in [1.807, 2.05) is 0 Å². The van der Waals surface area contributed by atoms with Crippen LogP contribution in [-0.4, -0.2) is 11.4 Å². The normalized spacial score (nSPS) is 10.9. The van der Waals surface area contributed by atoms with E-state index in [0.29, 0.717) is 26.6 Å². The van der Waals surface area contributed by atoms with Crippen molar-refractivity contribution < 1.29 is 9.94 Å². The number of benzene rings is 2. The summed E-state index contributed by atoms with van der Waals surface area (Å²) in [5.74, 6) is 0.900. The lowest BCUT2D eigenvalue weighted by molar-refractivity contribution is 0.322. The van der Waals surface area contributed by atoms with Crippen molar-refractivity contribution in [1.82, 2.24) is 0 Å². The number of rotatable bonds is 3. The number of ether oxygens (including phenoxy) is 1. The first-order valence-corrected chi connectivity index (χ1v) is 6.33. The predicted octanol–water partition coefficient (Wildman–Crippen LogP) is 5.25. The minimum absolute atomic E-state index is 0.332. The van der Waals surface area contributed by atoms with Crippen molar-refractivity contribution in [3.63, 3.8) is 0 Å². The molecule has 0 fully saturated rings. The van der Waals surface area contributed by atoms with E-state index in [-0.39, 0.29) is 0 Å². The van der Waals surface area contributed by atoms with E-state index in [0.717, 1.165) is 5.56 Å². The van der Waals surface area contributed by atoms with Crippen LogP contribution in [0.4, 0.5) is 0 Å². The van der Waals surface area contributed by atoms with Crippen LogP contribution in [0.2, 0.25) is 15.1 Å². The molecule has 1 N–H and O–H groups in total. The Morgan fingerprint density at radius 2 is 1.58 bits per heavy atom. The van der Waals surface area contributed by atoms with E-state index in [2.05, 4.69) is 5.16 Å². The van der Waals surface area contributed by atoms with E-state index >= 15 is 0 Å². The summed E-state index contributed by atoms with van der Waals surface area (Å²) in [5, 5.41) is 12.5. The van der Waals surface area contributed by atoms with Crippen molar-refractivity contribution in [1.29, 1.82) is 0 Å². The van der Waals surface area contributed by atoms with E-state index in [9.17, 15) is 0 Å². The lowest BCUT2D eigenvalue weighted by Crippen LogP contribution is -1.88. The molecule has 19 heavy (non-hydrogen) atoms. The molecule has 2 aromatic rings. The van der Waals surface area contributed by atoms with E-state index in [1.165, 1.54) is 6.21 Å². The fraction of sp³-hybridized carbons (Fsp3) is 0. The second-order valence-electron chi connectivity index (χ2n) is 3.61. The second-order valence-corrected chi connectivity index (χ2v) is 4.87. The first-order valence-electron chi connectivity index (χ1n) is 5.20. The van der Waals surface area contributed by atoms with Crippen LogP contribution in [0.25, 0.3) is 0 Å². The average Bonchev–Trinajstić information content (AvgIpc) is 2.36. The standard InChI is InChI=1S/C13H8Cl3NO2/c14-9-5-11(15)13(12(16)6-9)19-10-3-1-8(2-4-10)7-17-18/h1-7,18H. The molecule has 0 aliphatic rings. The Kier molecular flexibility index (Phi) is 4.53. The van der Waals surface area contributed by atoms with Gasteiger partial charge in [-0.3, -0.25) is 0 Å². The van der Waals surface area contributed by atoms with Crippen molar-refractivity contribution in [2.24, 2.45) is 5.16 Å². The molecule has 6 heteroatoms. The Morgan fingerprint density at radius 1 is 1.00 bits per heavy atom. The van der Waals surface area contributed by atoms with Gasteiger partial charge in [0.2, 0.25) is 0 Å². The first kappa shape index (κ1) is 14.0. The fourth-order valence-corrected chi connectivity index (χ4v) is 2.33. The summed E-state index contributed by atoms with van der Waals surface area (Å²) >= 11 is 17.9. The maximum atomic E-state index is 8.41. The van der Waals surface area contributed by atoms with E-state index in [4.69, 9.17) is 44.7 Å². The summed E-state index contributed by atoms with van der Waals surface area (Å²) in [6.07, 6.45) is 1.31. The largest absolute Gasteiger partial charge is 0.454 e. The van der Waals surface area contributed by atoms with Gasteiger partial charge in [-0.2, -0.15) is 0 Å². The highest BCUT2D eigenvalue weighted by molar-refractivity contribution is 6.40. The molecule has 0 aliphatic heterocycles. The van der Waals surface area contributed by atoms with Gasteiger partial charge in [0.15, 0.2) is 5.75 Å². The molecule has 0 saturated heterocycles. The van der Waals surface area contributed by atoms with Crippen molar-refractivity contribution in [3.8, 4) is 11.5 Å². The zero-order chi connectivity index (χ0) is 13.8. The lowest BCUT2D eigenvalue weighted by Gasteiger charge is -2.10. The monoisotopic (exact) mass is 315 g/mol. The number of hydrogen-bond donors (Lipinski definition) is 1. The first-order chi connectivity index (χ1) is 9.10. The quantitative estimate of drug-likeness (QED) is 0.477.